The van der Waals surface area contributed by atoms with E-state index in [1.165, 1.54) is 0 Å². The Morgan fingerprint density at radius 3 is 1.12 bits per heavy atom. The molecule has 0 radical (unpaired) electrons. The summed E-state index contributed by atoms with van der Waals surface area (Å²) in [5.74, 6) is 0. The maximum atomic E-state index is 5.21. The predicted octanol–water partition coefficient (Wildman–Crippen LogP) is -1.75. The topological polar surface area (TPSA) is 104 Å². The van der Waals surface area contributed by atoms with E-state index in [1.54, 1.807) is 0 Å². The smallest absolute Gasteiger partial charge is 0.0521 e. The van der Waals surface area contributed by atoms with Crippen LogP contribution in [-0.4, -0.2) is 12.3 Å². The largest absolute Gasteiger partial charge is 0.316 e. The fraction of sp³-hybridized carbons (Fsp3) is 1.00. The van der Waals surface area contributed by atoms with Crippen LogP contribution in [-0.2, 0) is 0 Å². The minimum atomic E-state index is -0.274. The van der Waals surface area contributed by atoms with Crippen LogP contribution in [0.2, 0.25) is 0 Å². The fourth-order valence-electron chi connectivity index (χ4n) is 0.385. The monoisotopic (exact) mass is 118 g/mol. The Hall–Kier alpha value is -0.160. The maximum absolute atomic E-state index is 5.21. The highest BCUT2D eigenvalue weighted by Crippen LogP contribution is 1.87. The van der Waals surface area contributed by atoms with E-state index in [1.807, 2.05) is 0 Å². The third-order valence-electron chi connectivity index (χ3n) is 0.833. The van der Waals surface area contributed by atoms with Gasteiger partial charge < -0.3 is 22.9 Å². The first-order valence-electron chi connectivity index (χ1n) is 2.65. The van der Waals surface area contributed by atoms with Crippen molar-refractivity contribution >= 4 is 0 Å². The van der Waals surface area contributed by atoms with Crippen LogP contribution in [0.1, 0.15) is 12.8 Å². The van der Waals surface area contributed by atoms with Gasteiger partial charge in [-0.05, 0) is 12.8 Å². The molecule has 0 aromatic rings. The highest BCUT2D eigenvalue weighted by Gasteiger charge is 1.96. The molecule has 0 saturated heterocycles. The van der Waals surface area contributed by atoms with Gasteiger partial charge in [-0.1, -0.05) is 0 Å². The zero-order valence-electron chi connectivity index (χ0n) is 4.88. The van der Waals surface area contributed by atoms with Gasteiger partial charge >= 0.3 is 0 Å². The minimum Gasteiger partial charge on any atom is -0.316 e. The summed E-state index contributed by atoms with van der Waals surface area (Å²) in [6.45, 7) is 0. The number of hydrogen-bond donors (Lipinski definition) is 4. The van der Waals surface area contributed by atoms with Crippen LogP contribution < -0.4 is 22.9 Å². The van der Waals surface area contributed by atoms with Gasteiger partial charge in [0.1, 0.15) is 0 Å². The maximum Gasteiger partial charge on any atom is 0.0521 e. The number of hydrogen-bond acceptors (Lipinski definition) is 4. The van der Waals surface area contributed by atoms with Crippen LogP contribution in [0.25, 0.3) is 0 Å². The summed E-state index contributed by atoms with van der Waals surface area (Å²) in [6.07, 6.45) is 0.837. The zero-order valence-corrected chi connectivity index (χ0v) is 4.88. The van der Waals surface area contributed by atoms with Gasteiger partial charge in [0.05, 0.1) is 12.3 Å². The molecule has 0 aliphatic rings. The molecule has 0 aliphatic heterocycles. The lowest BCUT2D eigenvalue weighted by Crippen LogP contribution is -2.36. The van der Waals surface area contributed by atoms with Gasteiger partial charge in [-0.15, -0.1) is 0 Å². The van der Waals surface area contributed by atoms with E-state index in [9.17, 15) is 0 Å². The zero-order chi connectivity index (χ0) is 6.57. The van der Waals surface area contributed by atoms with Crippen molar-refractivity contribution < 1.29 is 0 Å². The molecule has 0 fully saturated rings. The van der Waals surface area contributed by atoms with Crippen LogP contribution in [0.15, 0.2) is 0 Å². The Morgan fingerprint density at radius 1 is 0.750 bits per heavy atom. The Balaban J connectivity index is 2.93. The van der Waals surface area contributed by atoms with Crippen molar-refractivity contribution in [1.82, 2.24) is 0 Å². The van der Waals surface area contributed by atoms with Crippen molar-refractivity contribution in [3.05, 3.63) is 0 Å². The van der Waals surface area contributed by atoms with Gasteiger partial charge in [0.15, 0.2) is 0 Å². The summed E-state index contributed by atoms with van der Waals surface area (Å²) < 4.78 is 0. The average Bonchev–Trinajstić information content (AvgIpc) is 1.61. The van der Waals surface area contributed by atoms with Crippen molar-refractivity contribution in [3.8, 4) is 0 Å². The van der Waals surface area contributed by atoms with Gasteiger partial charge in [-0.25, -0.2) is 0 Å². The first kappa shape index (κ1) is 7.84. The molecule has 4 nitrogen and oxygen atoms in total. The third-order valence-corrected chi connectivity index (χ3v) is 0.833. The van der Waals surface area contributed by atoms with Crippen LogP contribution in [0.3, 0.4) is 0 Å². The van der Waals surface area contributed by atoms with E-state index >= 15 is 0 Å². The van der Waals surface area contributed by atoms with Crippen LogP contribution in [0.5, 0.6) is 0 Å². The summed E-state index contributed by atoms with van der Waals surface area (Å²) in [7, 11) is 0. The molecule has 4 heteroatoms. The molecular weight excluding hydrogens is 104 g/mol. The standard InChI is InChI=1S/C4H14N4/c5-3(6)1-2-4(7)8/h3-4H,1-2,5-8H2. The van der Waals surface area contributed by atoms with Crippen LogP contribution in [0, 0.1) is 0 Å². The van der Waals surface area contributed by atoms with Gasteiger partial charge in [-0.2, -0.15) is 0 Å². The van der Waals surface area contributed by atoms with E-state index in [-0.39, 0.29) is 12.3 Å². The Labute approximate surface area is 49.2 Å². The molecule has 0 atom stereocenters. The van der Waals surface area contributed by atoms with E-state index in [0.29, 0.717) is 12.8 Å². The first-order chi connectivity index (χ1) is 3.63. The second kappa shape index (κ2) is 3.80. The molecule has 0 aromatic carbocycles. The lowest BCUT2D eigenvalue weighted by atomic mass is 10.2. The molecule has 0 spiro atoms. The minimum absolute atomic E-state index is 0.274. The van der Waals surface area contributed by atoms with Gasteiger partial charge in [0.2, 0.25) is 0 Å². The fourth-order valence-corrected chi connectivity index (χ4v) is 0.385. The van der Waals surface area contributed by atoms with Crippen LogP contribution >= 0.6 is 0 Å². The van der Waals surface area contributed by atoms with Crippen molar-refractivity contribution in [2.45, 2.75) is 25.2 Å². The summed E-state index contributed by atoms with van der Waals surface area (Å²) in [5, 5.41) is 0. The molecule has 50 valence electrons. The lowest BCUT2D eigenvalue weighted by molar-refractivity contribution is 0.538. The van der Waals surface area contributed by atoms with Gasteiger partial charge in [0.25, 0.3) is 0 Å². The highest BCUT2D eigenvalue weighted by molar-refractivity contribution is 4.56. The number of rotatable bonds is 3. The summed E-state index contributed by atoms with van der Waals surface area (Å²) in [6, 6.07) is 0. The Bertz CT molecular complexity index is 44.0. The first-order valence-corrected chi connectivity index (χ1v) is 2.65. The summed E-state index contributed by atoms with van der Waals surface area (Å²) >= 11 is 0. The highest BCUT2D eigenvalue weighted by atomic mass is 14.9. The molecule has 0 amide bonds. The van der Waals surface area contributed by atoms with Crippen molar-refractivity contribution in [2.24, 2.45) is 22.9 Å². The molecule has 8 heavy (non-hydrogen) atoms. The Morgan fingerprint density at radius 2 is 1.00 bits per heavy atom. The molecule has 0 saturated carbocycles. The molecule has 0 bridgehead atoms. The van der Waals surface area contributed by atoms with E-state index in [2.05, 4.69) is 0 Å². The molecule has 0 heterocycles. The van der Waals surface area contributed by atoms with Gasteiger partial charge in [-0.3, -0.25) is 0 Å². The average molecular weight is 118 g/mol. The third kappa shape index (κ3) is 5.84. The van der Waals surface area contributed by atoms with Gasteiger partial charge in [0, 0.05) is 0 Å². The Kier molecular flexibility index (Phi) is 3.72. The molecule has 0 unspecified atom stereocenters. The quantitative estimate of drug-likeness (QED) is 0.330. The number of nitrogens with two attached hydrogens (primary N) is 4. The van der Waals surface area contributed by atoms with Crippen molar-refractivity contribution in [3.63, 3.8) is 0 Å². The molecule has 0 aromatic heterocycles. The lowest BCUT2D eigenvalue weighted by Gasteiger charge is -2.06. The normalized spacial score (nSPS) is 11.2. The predicted molar refractivity (Wildman–Crippen MR) is 33.6 cm³/mol. The van der Waals surface area contributed by atoms with Crippen molar-refractivity contribution in [2.75, 3.05) is 0 Å². The second-order valence-electron chi connectivity index (χ2n) is 1.91. The second-order valence-corrected chi connectivity index (χ2v) is 1.91. The summed E-state index contributed by atoms with van der Waals surface area (Å²) in [5.41, 5.74) is 20.8. The molecular formula is C4H14N4. The molecule has 0 rings (SSSR count). The van der Waals surface area contributed by atoms with E-state index < -0.39 is 0 Å². The van der Waals surface area contributed by atoms with Crippen LogP contribution in [0.4, 0.5) is 0 Å². The van der Waals surface area contributed by atoms with E-state index in [4.69, 9.17) is 22.9 Å². The SMILES string of the molecule is NC(N)CCC(N)N. The van der Waals surface area contributed by atoms with E-state index in [0.717, 1.165) is 0 Å². The van der Waals surface area contributed by atoms with Crippen molar-refractivity contribution in [1.29, 1.82) is 0 Å². The molecule has 8 N–H and O–H groups in total. The summed E-state index contributed by atoms with van der Waals surface area (Å²) in [4.78, 5) is 0. The molecule has 0 aliphatic carbocycles.